The highest BCUT2D eigenvalue weighted by Gasteiger charge is 2.23. The maximum absolute atomic E-state index is 14.7. The van der Waals surface area contributed by atoms with Crippen molar-refractivity contribution in [3.8, 4) is 0 Å². The Morgan fingerprint density at radius 3 is 2.50 bits per heavy atom. The third kappa shape index (κ3) is 3.58. The van der Waals surface area contributed by atoms with Crippen LogP contribution in [0, 0.1) is 30.3 Å². The van der Waals surface area contributed by atoms with Gasteiger partial charge in [-0.15, -0.1) is 11.3 Å². The van der Waals surface area contributed by atoms with E-state index in [0.717, 1.165) is 11.1 Å². The Morgan fingerprint density at radius 2 is 1.85 bits per heavy atom. The average Bonchev–Trinajstić information content (AvgIpc) is 2.94. The molecule has 0 aliphatic heterocycles. The number of aryl methyl sites for hydroxylation is 1. The predicted octanol–water partition coefficient (Wildman–Crippen LogP) is 4.86. The van der Waals surface area contributed by atoms with E-state index in [9.17, 15) is 18.0 Å². The van der Waals surface area contributed by atoms with Gasteiger partial charge in [0.05, 0.1) is 15.4 Å². The summed E-state index contributed by atoms with van der Waals surface area (Å²) in [4.78, 5) is 18.1. The van der Waals surface area contributed by atoms with Crippen LogP contribution in [0.5, 0.6) is 0 Å². The van der Waals surface area contributed by atoms with Crippen molar-refractivity contribution in [1.82, 2.24) is 4.98 Å². The molecule has 1 atom stereocenters. The summed E-state index contributed by atoms with van der Waals surface area (Å²) in [5.41, 5.74) is 0.748. The van der Waals surface area contributed by atoms with Gasteiger partial charge in [0.2, 0.25) is 5.91 Å². The molecular formula is C19H17F3N2OS. The zero-order chi connectivity index (χ0) is 19.0. The molecular weight excluding hydrogens is 361 g/mol. The van der Waals surface area contributed by atoms with Crippen LogP contribution < -0.4 is 4.90 Å². The summed E-state index contributed by atoms with van der Waals surface area (Å²) in [6.45, 7) is 3.43. The smallest absolute Gasteiger partial charge is 0.229 e. The fraction of sp³-hybridized carbons (Fsp3) is 0.263. The van der Waals surface area contributed by atoms with Gasteiger partial charge in [0.25, 0.3) is 0 Å². The third-order valence-corrected chi connectivity index (χ3v) is 5.10. The lowest BCUT2D eigenvalue weighted by Crippen LogP contribution is -2.33. The van der Waals surface area contributed by atoms with Crippen molar-refractivity contribution in [3.63, 3.8) is 0 Å². The number of benzene rings is 2. The molecule has 1 amide bonds. The Balaban J connectivity index is 1.83. The number of nitrogens with zero attached hydrogens (tertiary/aromatic N) is 2. The molecule has 0 N–H and O–H groups in total. The van der Waals surface area contributed by atoms with Gasteiger partial charge >= 0.3 is 0 Å². The number of halogens is 3. The number of hydrogen-bond acceptors (Lipinski definition) is 3. The highest BCUT2D eigenvalue weighted by atomic mass is 32.1. The molecule has 1 heterocycles. The van der Waals surface area contributed by atoms with Crippen LogP contribution in [0.3, 0.4) is 0 Å². The monoisotopic (exact) mass is 378 g/mol. The quantitative estimate of drug-likeness (QED) is 0.649. The number of carbonyl (C=O) groups excluding carboxylic acids is 1. The molecule has 136 valence electrons. The van der Waals surface area contributed by atoms with Crippen molar-refractivity contribution in [2.75, 3.05) is 11.9 Å². The first-order valence-corrected chi connectivity index (χ1v) is 8.86. The highest BCUT2D eigenvalue weighted by molar-refractivity contribution is 7.18. The van der Waals surface area contributed by atoms with E-state index in [0.29, 0.717) is 10.3 Å². The summed E-state index contributed by atoms with van der Waals surface area (Å²) >= 11 is 1.38. The second-order valence-corrected chi connectivity index (χ2v) is 7.49. The summed E-state index contributed by atoms with van der Waals surface area (Å²) in [6.07, 6.45) is 0.150. The van der Waals surface area contributed by atoms with Gasteiger partial charge in [-0.1, -0.05) is 6.92 Å². The van der Waals surface area contributed by atoms with Crippen molar-refractivity contribution in [2.24, 2.45) is 5.92 Å². The van der Waals surface area contributed by atoms with Crippen molar-refractivity contribution in [1.29, 1.82) is 0 Å². The van der Waals surface area contributed by atoms with Crippen LogP contribution in [-0.4, -0.2) is 17.9 Å². The summed E-state index contributed by atoms with van der Waals surface area (Å²) < 4.78 is 42.1. The van der Waals surface area contributed by atoms with Gasteiger partial charge in [0.1, 0.15) is 17.2 Å². The average molecular weight is 378 g/mol. The van der Waals surface area contributed by atoms with E-state index < -0.39 is 23.4 Å². The zero-order valence-electron chi connectivity index (χ0n) is 14.5. The molecule has 3 aromatic rings. The standard InChI is InChI=1S/C19H17F3N2OS/c1-10(6-12-7-13(20)9-14(21)8-12)19(25)24(3)15-4-5-16-18(17(15)22)23-11(2)26-16/h4-5,7-10H,6H2,1-3H3/t10-/m0/s1. The number of thiazole rings is 1. The molecule has 2 aromatic carbocycles. The number of fused-ring (bicyclic) bond motifs is 1. The lowest BCUT2D eigenvalue weighted by atomic mass is 9.99. The Kier molecular flexibility index (Phi) is 5.00. The number of aromatic nitrogens is 1. The summed E-state index contributed by atoms with van der Waals surface area (Å²) in [5, 5.41) is 0.742. The van der Waals surface area contributed by atoms with E-state index in [1.165, 1.54) is 35.4 Å². The van der Waals surface area contributed by atoms with Crippen LogP contribution in [0.15, 0.2) is 30.3 Å². The van der Waals surface area contributed by atoms with Gasteiger partial charge in [0, 0.05) is 19.0 Å². The first-order valence-electron chi connectivity index (χ1n) is 8.04. The minimum atomic E-state index is -0.691. The number of amides is 1. The van der Waals surface area contributed by atoms with E-state index in [-0.39, 0.29) is 23.5 Å². The molecule has 0 aliphatic rings. The third-order valence-electron chi connectivity index (χ3n) is 4.16. The van der Waals surface area contributed by atoms with E-state index >= 15 is 0 Å². The molecule has 26 heavy (non-hydrogen) atoms. The lowest BCUT2D eigenvalue weighted by Gasteiger charge is -2.22. The minimum absolute atomic E-state index is 0.130. The van der Waals surface area contributed by atoms with Gasteiger partial charge in [-0.2, -0.15) is 0 Å². The lowest BCUT2D eigenvalue weighted by molar-refractivity contribution is -0.121. The van der Waals surface area contributed by atoms with E-state index in [2.05, 4.69) is 4.98 Å². The molecule has 0 unspecified atom stereocenters. The molecule has 1 aromatic heterocycles. The topological polar surface area (TPSA) is 33.2 Å². The van der Waals surface area contributed by atoms with Gasteiger partial charge < -0.3 is 4.90 Å². The highest BCUT2D eigenvalue weighted by Crippen LogP contribution is 2.30. The number of carbonyl (C=O) groups is 1. The molecule has 0 saturated carbocycles. The number of rotatable bonds is 4. The molecule has 0 fully saturated rings. The maximum atomic E-state index is 14.7. The van der Waals surface area contributed by atoms with Crippen LogP contribution in [0.2, 0.25) is 0 Å². The molecule has 0 aliphatic carbocycles. The normalized spacial score (nSPS) is 12.4. The van der Waals surface area contributed by atoms with E-state index in [4.69, 9.17) is 0 Å². The first kappa shape index (κ1) is 18.4. The van der Waals surface area contributed by atoms with Crippen LogP contribution in [-0.2, 0) is 11.2 Å². The summed E-state index contributed by atoms with van der Waals surface area (Å²) in [7, 11) is 1.48. The van der Waals surface area contributed by atoms with E-state index in [1.807, 2.05) is 0 Å². The Morgan fingerprint density at radius 1 is 1.19 bits per heavy atom. The second kappa shape index (κ2) is 7.07. The van der Waals surface area contributed by atoms with Crippen LogP contribution in [0.1, 0.15) is 17.5 Å². The van der Waals surface area contributed by atoms with Crippen LogP contribution in [0.4, 0.5) is 18.9 Å². The zero-order valence-corrected chi connectivity index (χ0v) is 15.3. The van der Waals surface area contributed by atoms with Crippen molar-refractivity contribution >= 4 is 33.1 Å². The molecule has 0 bridgehead atoms. The number of hydrogen-bond donors (Lipinski definition) is 0. The molecule has 0 saturated heterocycles. The largest absolute Gasteiger partial charge is 0.312 e. The van der Waals surface area contributed by atoms with Crippen LogP contribution in [0.25, 0.3) is 10.2 Å². The maximum Gasteiger partial charge on any atom is 0.229 e. The second-order valence-electron chi connectivity index (χ2n) is 6.26. The van der Waals surface area contributed by atoms with Gasteiger partial charge in [-0.25, -0.2) is 18.2 Å². The minimum Gasteiger partial charge on any atom is -0.312 e. The summed E-state index contributed by atoms with van der Waals surface area (Å²) in [6, 6.07) is 6.44. The van der Waals surface area contributed by atoms with Crippen molar-refractivity contribution < 1.29 is 18.0 Å². The summed E-state index contributed by atoms with van der Waals surface area (Å²) in [5.74, 6) is -2.85. The van der Waals surface area contributed by atoms with Gasteiger partial charge in [0.15, 0.2) is 5.82 Å². The fourth-order valence-corrected chi connectivity index (χ4v) is 3.76. The molecule has 3 rings (SSSR count). The Bertz CT molecular complexity index is 966. The predicted molar refractivity (Wildman–Crippen MR) is 97.0 cm³/mol. The Labute approximate surface area is 153 Å². The van der Waals surface area contributed by atoms with Gasteiger partial charge in [-0.05, 0) is 43.2 Å². The van der Waals surface area contributed by atoms with Gasteiger partial charge in [-0.3, -0.25) is 4.79 Å². The Hall–Kier alpha value is -2.41. The number of anilines is 1. The first-order chi connectivity index (χ1) is 12.3. The molecule has 7 heteroatoms. The SMILES string of the molecule is Cc1nc2c(F)c(N(C)C(=O)[C@@H](C)Cc3cc(F)cc(F)c3)ccc2s1. The van der Waals surface area contributed by atoms with Crippen LogP contribution >= 0.6 is 11.3 Å². The van der Waals surface area contributed by atoms with E-state index in [1.54, 1.807) is 26.0 Å². The van der Waals surface area contributed by atoms with Crippen molar-refractivity contribution in [3.05, 3.63) is 58.4 Å². The molecule has 0 spiro atoms. The molecule has 3 nitrogen and oxygen atoms in total. The van der Waals surface area contributed by atoms with Crippen molar-refractivity contribution in [2.45, 2.75) is 20.3 Å². The molecule has 0 radical (unpaired) electrons. The fourth-order valence-electron chi connectivity index (χ4n) is 2.94.